The quantitative estimate of drug-likeness (QED) is 0.815. The molecule has 1 heterocycles. The van der Waals surface area contributed by atoms with Crippen LogP contribution in [0.15, 0.2) is 46.8 Å². The van der Waals surface area contributed by atoms with Crippen molar-refractivity contribution in [3.05, 3.63) is 52.4 Å². The maximum absolute atomic E-state index is 12.5. The molecule has 140 valence electrons. The summed E-state index contributed by atoms with van der Waals surface area (Å²) in [4.78, 5) is 25.0. The number of esters is 2. The molecule has 0 fully saturated rings. The van der Waals surface area contributed by atoms with Crippen molar-refractivity contribution in [2.24, 2.45) is 5.92 Å². The molecule has 0 saturated heterocycles. The molecule has 6 heteroatoms. The summed E-state index contributed by atoms with van der Waals surface area (Å²) in [5.41, 5.74) is 3.13. The molecule has 2 rings (SSSR count). The Morgan fingerprint density at radius 3 is 2.00 bits per heavy atom. The topological polar surface area (TPSA) is 73.9 Å². The number of hydrogen-bond donors (Lipinski definition) is 1. The molecule has 1 aliphatic heterocycles. The van der Waals surface area contributed by atoms with E-state index in [0.29, 0.717) is 28.3 Å². The van der Waals surface area contributed by atoms with E-state index in [0.717, 1.165) is 5.56 Å². The van der Waals surface area contributed by atoms with Crippen LogP contribution in [0.4, 0.5) is 0 Å². The fourth-order valence-electron chi connectivity index (χ4n) is 3.42. The van der Waals surface area contributed by atoms with Crippen molar-refractivity contribution in [2.75, 3.05) is 21.3 Å². The Morgan fingerprint density at radius 1 is 1.00 bits per heavy atom. The number of benzene rings is 1. The number of nitrogens with one attached hydrogen (secondary N) is 1. The lowest BCUT2D eigenvalue weighted by Gasteiger charge is -2.33. The van der Waals surface area contributed by atoms with Crippen molar-refractivity contribution in [3.63, 3.8) is 0 Å². The molecule has 0 aromatic heterocycles. The lowest BCUT2D eigenvalue weighted by atomic mass is 9.74. The Hall–Kier alpha value is -2.76. The molecule has 26 heavy (non-hydrogen) atoms. The third-order valence-corrected chi connectivity index (χ3v) is 4.74. The van der Waals surface area contributed by atoms with Crippen LogP contribution in [0.25, 0.3) is 0 Å². The summed E-state index contributed by atoms with van der Waals surface area (Å²) in [6, 6.07) is 7.59. The molecule has 1 aromatic rings. The third-order valence-electron chi connectivity index (χ3n) is 4.74. The van der Waals surface area contributed by atoms with Crippen molar-refractivity contribution < 1.29 is 23.8 Å². The predicted octanol–water partition coefficient (Wildman–Crippen LogP) is 2.91. The number of carbonyl (C=O) groups excluding carboxylic acids is 2. The lowest BCUT2D eigenvalue weighted by molar-refractivity contribution is -0.137. The largest absolute Gasteiger partial charge is 0.497 e. The minimum Gasteiger partial charge on any atom is -0.497 e. The van der Waals surface area contributed by atoms with Gasteiger partial charge in [0.15, 0.2) is 0 Å². The summed E-state index contributed by atoms with van der Waals surface area (Å²) in [5, 5.41) is 3.10. The SMILES string of the molecule is COC(=O)C1=C(C)NC(C)=C(C(=O)OC)C1C(C)c1cccc(OC)c1. The fourth-order valence-corrected chi connectivity index (χ4v) is 3.42. The van der Waals surface area contributed by atoms with Gasteiger partial charge in [-0.2, -0.15) is 0 Å². The summed E-state index contributed by atoms with van der Waals surface area (Å²) >= 11 is 0. The highest BCUT2D eigenvalue weighted by atomic mass is 16.5. The first-order valence-corrected chi connectivity index (χ1v) is 8.34. The van der Waals surface area contributed by atoms with Gasteiger partial charge in [0.25, 0.3) is 0 Å². The van der Waals surface area contributed by atoms with Crippen molar-refractivity contribution in [2.45, 2.75) is 26.7 Å². The van der Waals surface area contributed by atoms with Crippen molar-refractivity contribution in [3.8, 4) is 5.75 Å². The van der Waals surface area contributed by atoms with Crippen LogP contribution in [0, 0.1) is 5.92 Å². The molecule has 0 saturated carbocycles. The van der Waals surface area contributed by atoms with Gasteiger partial charge in [-0.3, -0.25) is 0 Å². The Kier molecular flexibility index (Phi) is 6.08. The minimum absolute atomic E-state index is 0.180. The maximum atomic E-state index is 12.5. The van der Waals surface area contributed by atoms with Gasteiger partial charge < -0.3 is 19.5 Å². The molecule has 1 aromatic carbocycles. The zero-order valence-corrected chi connectivity index (χ0v) is 16.0. The average Bonchev–Trinajstić information content (AvgIpc) is 2.65. The number of dihydropyridines is 1. The molecule has 1 unspecified atom stereocenters. The summed E-state index contributed by atoms with van der Waals surface area (Å²) in [5.74, 6) is -0.903. The van der Waals surface area contributed by atoms with Crippen LogP contribution in [-0.4, -0.2) is 33.3 Å². The molecule has 1 atom stereocenters. The molecular formula is C20H25NO5. The Balaban J connectivity index is 2.62. The van der Waals surface area contributed by atoms with E-state index in [4.69, 9.17) is 14.2 Å². The van der Waals surface area contributed by atoms with Gasteiger partial charge in [0, 0.05) is 17.3 Å². The summed E-state index contributed by atoms with van der Waals surface area (Å²) in [7, 11) is 4.26. The van der Waals surface area contributed by atoms with E-state index in [-0.39, 0.29) is 5.92 Å². The first kappa shape index (κ1) is 19.6. The molecule has 0 bridgehead atoms. The van der Waals surface area contributed by atoms with E-state index in [1.807, 2.05) is 31.2 Å². The number of carbonyl (C=O) groups is 2. The lowest BCUT2D eigenvalue weighted by Crippen LogP contribution is -2.35. The van der Waals surface area contributed by atoms with Crippen molar-refractivity contribution >= 4 is 11.9 Å². The fraction of sp³-hybridized carbons (Fsp3) is 0.400. The Labute approximate surface area is 153 Å². The number of hydrogen-bond acceptors (Lipinski definition) is 6. The second kappa shape index (κ2) is 8.08. The van der Waals surface area contributed by atoms with Crippen molar-refractivity contribution in [1.29, 1.82) is 0 Å². The van der Waals surface area contributed by atoms with E-state index in [2.05, 4.69) is 5.32 Å². The molecule has 6 nitrogen and oxygen atoms in total. The standard InChI is InChI=1S/C20H25NO5/c1-11(14-8-7-9-15(10-14)24-4)16-17(19(22)25-5)12(2)21-13(3)18(16)20(23)26-6/h7-11,16,21H,1-6H3. The van der Waals surface area contributed by atoms with E-state index in [1.54, 1.807) is 21.0 Å². The Morgan fingerprint density at radius 2 is 1.54 bits per heavy atom. The highest BCUT2D eigenvalue weighted by Crippen LogP contribution is 2.41. The summed E-state index contributed by atoms with van der Waals surface area (Å²) < 4.78 is 15.3. The first-order chi connectivity index (χ1) is 12.3. The van der Waals surface area contributed by atoms with E-state index >= 15 is 0 Å². The van der Waals surface area contributed by atoms with Gasteiger partial charge in [-0.1, -0.05) is 19.1 Å². The van der Waals surface area contributed by atoms with Crippen LogP contribution in [0.5, 0.6) is 5.75 Å². The molecule has 1 N–H and O–H groups in total. The van der Waals surface area contributed by atoms with Crippen LogP contribution < -0.4 is 10.1 Å². The van der Waals surface area contributed by atoms with Gasteiger partial charge in [-0.05, 0) is 37.5 Å². The highest BCUT2D eigenvalue weighted by Gasteiger charge is 2.40. The first-order valence-electron chi connectivity index (χ1n) is 8.34. The van der Waals surface area contributed by atoms with Crippen LogP contribution in [0.3, 0.4) is 0 Å². The molecule has 0 radical (unpaired) electrons. The molecular weight excluding hydrogens is 334 g/mol. The third kappa shape index (κ3) is 3.59. The molecule has 0 amide bonds. The number of methoxy groups -OCH3 is 3. The minimum atomic E-state index is -0.497. The van der Waals surface area contributed by atoms with Gasteiger partial charge in [-0.15, -0.1) is 0 Å². The number of allylic oxidation sites excluding steroid dienone is 2. The average molecular weight is 359 g/mol. The predicted molar refractivity (Wildman–Crippen MR) is 97.5 cm³/mol. The van der Waals surface area contributed by atoms with Gasteiger partial charge >= 0.3 is 11.9 Å². The van der Waals surface area contributed by atoms with Gasteiger partial charge in [0.1, 0.15) is 5.75 Å². The number of rotatable bonds is 5. The van der Waals surface area contributed by atoms with Gasteiger partial charge in [0.2, 0.25) is 0 Å². The van der Waals surface area contributed by atoms with E-state index in [9.17, 15) is 9.59 Å². The van der Waals surface area contributed by atoms with Gasteiger partial charge in [0.05, 0.1) is 32.5 Å². The normalized spacial score (nSPS) is 16.1. The highest BCUT2D eigenvalue weighted by molar-refractivity contribution is 5.98. The van der Waals surface area contributed by atoms with Crippen molar-refractivity contribution in [1.82, 2.24) is 5.32 Å². The molecule has 1 aliphatic rings. The van der Waals surface area contributed by atoms with E-state index < -0.39 is 17.9 Å². The zero-order valence-electron chi connectivity index (χ0n) is 16.0. The van der Waals surface area contributed by atoms with Crippen LogP contribution in [-0.2, 0) is 19.1 Å². The summed E-state index contributed by atoms with van der Waals surface area (Å²) in [6.45, 7) is 5.57. The second-order valence-corrected chi connectivity index (χ2v) is 6.23. The Bertz CT molecular complexity index is 740. The molecule has 0 aliphatic carbocycles. The van der Waals surface area contributed by atoms with E-state index in [1.165, 1.54) is 14.2 Å². The second-order valence-electron chi connectivity index (χ2n) is 6.23. The monoisotopic (exact) mass is 359 g/mol. The van der Waals surface area contributed by atoms with Gasteiger partial charge in [-0.25, -0.2) is 9.59 Å². The summed E-state index contributed by atoms with van der Waals surface area (Å²) in [6.07, 6.45) is 0. The zero-order chi connectivity index (χ0) is 19.4. The maximum Gasteiger partial charge on any atom is 0.336 e. The number of ether oxygens (including phenoxy) is 3. The van der Waals surface area contributed by atoms with Crippen LogP contribution >= 0.6 is 0 Å². The van der Waals surface area contributed by atoms with Crippen LogP contribution in [0.2, 0.25) is 0 Å². The smallest absolute Gasteiger partial charge is 0.336 e. The van der Waals surface area contributed by atoms with Crippen LogP contribution in [0.1, 0.15) is 32.3 Å². The molecule has 0 spiro atoms.